The maximum Gasteiger partial charge on any atom is 0.0937 e. The second kappa shape index (κ2) is 6.93. The third kappa shape index (κ3) is 2.75. The first-order valence-corrected chi connectivity index (χ1v) is 13.2. The van der Waals surface area contributed by atoms with Crippen molar-refractivity contribution in [2.75, 3.05) is 13.6 Å². The van der Waals surface area contributed by atoms with Gasteiger partial charge >= 0.3 is 0 Å². The summed E-state index contributed by atoms with van der Waals surface area (Å²) in [5.41, 5.74) is 5.27. The normalized spacial score (nSPS) is 54.3. The lowest BCUT2D eigenvalue weighted by Gasteiger charge is -2.49. The maximum absolute atomic E-state index is 10.3. The number of rotatable bonds is 0. The zero-order valence-corrected chi connectivity index (χ0v) is 20.4. The highest BCUT2D eigenvalue weighted by Gasteiger charge is 2.61. The van der Waals surface area contributed by atoms with Gasteiger partial charge in [-0.05, 0) is 100.0 Å². The van der Waals surface area contributed by atoms with Crippen LogP contribution in [0.1, 0.15) is 79.1 Å². The monoisotopic (exact) mass is 425 g/mol. The predicted molar refractivity (Wildman–Crippen MR) is 125 cm³/mol. The predicted octanol–water partition coefficient (Wildman–Crippen LogP) is 5.34. The molecule has 0 aromatic rings. The second-order valence-electron chi connectivity index (χ2n) is 12.7. The number of aliphatic hydroxyl groups is 1. The maximum atomic E-state index is 10.3. The highest BCUT2D eigenvalue weighted by Crippen LogP contribution is 2.65. The van der Waals surface area contributed by atoms with Crippen molar-refractivity contribution in [3.05, 3.63) is 22.8 Å². The molecule has 4 fully saturated rings. The van der Waals surface area contributed by atoms with Crippen LogP contribution in [-0.2, 0) is 4.74 Å². The van der Waals surface area contributed by atoms with Gasteiger partial charge in [0.25, 0.3) is 0 Å². The van der Waals surface area contributed by atoms with Gasteiger partial charge in [-0.15, -0.1) is 0 Å². The van der Waals surface area contributed by atoms with Crippen molar-refractivity contribution in [3.8, 4) is 0 Å². The first-order chi connectivity index (χ1) is 14.7. The number of fused-ring (bicyclic) bond motifs is 6. The molecular formula is C28H43NO2. The third-order valence-corrected chi connectivity index (χ3v) is 11.2. The van der Waals surface area contributed by atoms with Crippen LogP contribution in [0.5, 0.6) is 0 Å². The minimum absolute atomic E-state index is 0.0209. The van der Waals surface area contributed by atoms with Crippen LogP contribution in [0.2, 0.25) is 0 Å². The molecule has 6 aliphatic rings. The standard InChI is InChI=1S/C28H43NO2/c1-16-12-25-26(29(5)15-16)18(3)28(31-25)11-9-21-22-7-6-19-13-20(30)8-10-27(19,4)24(22)14-23(21)17(28)2/h6,16,18,20-22,24-26,30H,7-15H2,1-5H3. The van der Waals surface area contributed by atoms with Gasteiger partial charge < -0.3 is 14.7 Å². The summed E-state index contributed by atoms with van der Waals surface area (Å²) in [6.45, 7) is 11.1. The second-order valence-corrected chi connectivity index (χ2v) is 12.7. The molecule has 0 radical (unpaired) electrons. The number of ether oxygens (including phenoxy) is 1. The van der Waals surface area contributed by atoms with Gasteiger partial charge in [0, 0.05) is 18.5 Å². The Morgan fingerprint density at radius 2 is 1.97 bits per heavy atom. The third-order valence-electron chi connectivity index (χ3n) is 11.2. The molecule has 2 heterocycles. The molecule has 1 spiro atoms. The van der Waals surface area contributed by atoms with E-state index < -0.39 is 0 Å². The van der Waals surface area contributed by atoms with E-state index in [4.69, 9.17) is 4.74 Å². The van der Waals surface area contributed by atoms with E-state index in [0.29, 0.717) is 23.5 Å². The summed E-state index contributed by atoms with van der Waals surface area (Å²) in [4.78, 5) is 2.61. The quantitative estimate of drug-likeness (QED) is 0.532. The first-order valence-electron chi connectivity index (χ1n) is 13.2. The Balaban J connectivity index is 1.34. The van der Waals surface area contributed by atoms with Crippen LogP contribution >= 0.6 is 0 Å². The Hall–Kier alpha value is -0.640. The lowest BCUT2D eigenvalue weighted by molar-refractivity contribution is -0.0627. The fourth-order valence-corrected chi connectivity index (χ4v) is 9.69. The number of piperidine rings is 1. The summed E-state index contributed by atoms with van der Waals surface area (Å²) >= 11 is 0. The van der Waals surface area contributed by atoms with Gasteiger partial charge in [0.1, 0.15) is 0 Å². The molecule has 2 saturated heterocycles. The molecule has 2 saturated carbocycles. The van der Waals surface area contributed by atoms with Gasteiger partial charge in [0.2, 0.25) is 0 Å². The number of aliphatic hydroxyl groups excluding tert-OH is 1. The smallest absolute Gasteiger partial charge is 0.0937 e. The van der Waals surface area contributed by atoms with E-state index in [1.807, 2.05) is 0 Å². The molecule has 10 atom stereocenters. The largest absolute Gasteiger partial charge is 0.393 e. The average Bonchev–Trinajstić information content (AvgIpc) is 3.23. The minimum Gasteiger partial charge on any atom is -0.393 e. The van der Waals surface area contributed by atoms with E-state index in [-0.39, 0.29) is 11.7 Å². The van der Waals surface area contributed by atoms with E-state index in [0.717, 1.165) is 36.5 Å². The summed E-state index contributed by atoms with van der Waals surface area (Å²) < 4.78 is 7.12. The van der Waals surface area contributed by atoms with Crippen molar-refractivity contribution in [1.82, 2.24) is 4.90 Å². The highest BCUT2D eigenvalue weighted by atomic mass is 16.5. The molecule has 0 bridgehead atoms. The number of likely N-dealkylation sites (tertiary alicyclic amines) is 1. The van der Waals surface area contributed by atoms with Crippen molar-refractivity contribution in [1.29, 1.82) is 0 Å². The van der Waals surface area contributed by atoms with Crippen molar-refractivity contribution < 1.29 is 9.84 Å². The number of nitrogens with zero attached hydrogens (tertiary/aromatic N) is 1. The minimum atomic E-state index is -0.112. The van der Waals surface area contributed by atoms with Crippen molar-refractivity contribution in [2.45, 2.75) is 103 Å². The number of allylic oxidation sites excluding steroid dienone is 2. The molecule has 4 aliphatic carbocycles. The summed E-state index contributed by atoms with van der Waals surface area (Å²) in [6.07, 6.45) is 12.2. The first kappa shape index (κ1) is 20.9. The Bertz CT molecular complexity index is 831. The molecule has 2 aliphatic heterocycles. The fraction of sp³-hybridized carbons (Fsp3) is 0.857. The van der Waals surface area contributed by atoms with Crippen LogP contribution < -0.4 is 0 Å². The van der Waals surface area contributed by atoms with Gasteiger partial charge in [-0.2, -0.15) is 0 Å². The lowest BCUT2D eigenvalue weighted by atomic mass is 9.56. The van der Waals surface area contributed by atoms with Gasteiger partial charge in [-0.25, -0.2) is 0 Å². The fourth-order valence-electron chi connectivity index (χ4n) is 9.69. The van der Waals surface area contributed by atoms with Crippen molar-refractivity contribution >= 4 is 0 Å². The zero-order valence-electron chi connectivity index (χ0n) is 20.4. The molecule has 1 N–H and O–H groups in total. The number of hydrogen-bond donors (Lipinski definition) is 1. The van der Waals surface area contributed by atoms with E-state index in [2.05, 4.69) is 45.7 Å². The Labute approximate surface area is 189 Å². The van der Waals surface area contributed by atoms with E-state index >= 15 is 0 Å². The molecule has 0 aromatic heterocycles. The van der Waals surface area contributed by atoms with Crippen LogP contribution in [0.3, 0.4) is 0 Å². The van der Waals surface area contributed by atoms with Crippen LogP contribution in [0, 0.1) is 35.0 Å². The highest BCUT2D eigenvalue weighted by molar-refractivity contribution is 5.38. The topological polar surface area (TPSA) is 32.7 Å². The summed E-state index contributed by atoms with van der Waals surface area (Å²) in [6, 6.07) is 0.581. The van der Waals surface area contributed by atoms with Gasteiger partial charge in [0.15, 0.2) is 0 Å². The van der Waals surface area contributed by atoms with Crippen LogP contribution in [0.25, 0.3) is 0 Å². The molecule has 172 valence electrons. The van der Waals surface area contributed by atoms with Crippen LogP contribution in [0.4, 0.5) is 0 Å². The Kier molecular flexibility index (Phi) is 4.68. The van der Waals surface area contributed by atoms with Gasteiger partial charge in [0.05, 0.1) is 17.8 Å². The van der Waals surface area contributed by atoms with Crippen molar-refractivity contribution in [2.24, 2.45) is 35.0 Å². The number of hydrogen-bond acceptors (Lipinski definition) is 3. The summed E-state index contributed by atoms with van der Waals surface area (Å²) in [7, 11) is 2.33. The molecule has 10 unspecified atom stereocenters. The van der Waals surface area contributed by atoms with Gasteiger partial charge in [-0.3, -0.25) is 0 Å². The van der Waals surface area contributed by atoms with Gasteiger partial charge in [-0.1, -0.05) is 38.0 Å². The van der Waals surface area contributed by atoms with E-state index in [1.54, 1.807) is 16.7 Å². The average molecular weight is 426 g/mol. The lowest BCUT2D eigenvalue weighted by Crippen LogP contribution is -2.50. The zero-order chi connectivity index (χ0) is 21.7. The summed E-state index contributed by atoms with van der Waals surface area (Å²) in [5.74, 6) is 3.67. The number of likely N-dealkylation sites (N-methyl/N-ethyl adjacent to an activating group) is 1. The molecule has 0 amide bonds. The molecule has 0 aromatic carbocycles. The molecule has 3 heteroatoms. The van der Waals surface area contributed by atoms with Crippen LogP contribution in [-0.4, -0.2) is 47.4 Å². The van der Waals surface area contributed by atoms with Crippen molar-refractivity contribution in [3.63, 3.8) is 0 Å². The summed E-state index contributed by atoms with van der Waals surface area (Å²) in [5, 5.41) is 10.3. The molecule has 3 nitrogen and oxygen atoms in total. The molecular weight excluding hydrogens is 382 g/mol. The van der Waals surface area contributed by atoms with Crippen LogP contribution in [0.15, 0.2) is 22.8 Å². The SMILES string of the molecule is CC1=C2CC3C(CC=C4CC(O)CCC43C)C2CCC12OC1CC(C)CN(C)C1C2C. The van der Waals surface area contributed by atoms with E-state index in [9.17, 15) is 5.11 Å². The van der Waals surface area contributed by atoms with E-state index in [1.165, 1.54) is 45.1 Å². The molecule has 31 heavy (non-hydrogen) atoms. The molecule has 6 rings (SSSR count). The Morgan fingerprint density at radius 1 is 1.16 bits per heavy atom. The Morgan fingerprint density at radius 3 is 2.77 bits per heavy atom.